The Morgan fingerprint density at radius 1 is 1.38 bits per heavy atom. The summed E-state index contributed by atoms with van der Waals surface area (Å²) in [4.78, 5) is 30.0. The van der Waals surface area contributed by atoms with Gasteiger partial charge in [-0.05, 0) is 33.1 Å². The summed E-state index contributed by atoms with van der Waals surface area (Å²) >= 11 is 1.30. The highest BCUT2D eigenvalue weighted by molar-refractivity contribution is 7.09. The van der Waals surface area contributed by atoms with Crippen LogP contribution in [0.15, 0.2) is 28.6 Å². The van der Waals surface area contributed by atoms with E-state index in [9.17, 15) is 19.1 Å². The van der Waals surface area contributed by atoms with Crippen molar-refractivity contribution >= 4 is 33.9 Å². The van der Waals surface area contributed by atoms with E-state index in [-0.39, 0.29) is 23.1 Å². The van der Waals surface area contributed by atoms with E-state index in [0.29, 0.717) is 18.0 Å². The van der Waals surface area contributed by atoms with Crippen molar-refractivity contribution in [3.63, 3.8) is 0 Å². The summed E-state index contributed by atoms with van der Waals surface area (Å²) in [5.41, 5.74) is -1.99. The van der Waals surface area contributed by atoms with Crippen molar-refractivity contribution in [2.75, 3.05) is 32.5 Å². The lowest BCUT2D eigenvalue weighted by molar-refractivity contribution is 0.0695. The van der Waals surface area contributed by atoms with Crippen LogP contribution in [0.5, 0.6) is 0 Å². The standard InChI is InChI=1S/C19H20F2N4O3S/c1-24(2)6-3-4-23-16-13(20)8-11-17(15(16)21)25(10-14-22-5-7-29-14)9-12(18(11)26)19(27)28/h5,7-9,23H,3-4,6,10H2,1-2H3,(H,27,28). The number of pyridine rings is 1. The summed E-state index contributed by atoms with van der Waals surface area (Å²) in [6.07, 6.45) is 3.30. The van der Waals surface area contributed by atoms with Crippen LogP contribution in [0.4, 0.5) is 14.5 Å². The first-order valence-electron chi connectivity index (χ1n) is 8.85. The highest BCUT2D eigenvalue weighted by Crippen LogP contribution is 2.28. The number of aromatic nitrogens is 2. The number of halogens is 2. The average Bonchev–Trinajstić information content (AvgIpc) is 3.15. The quantitative estimate of drug-likeness (QED) is 0.543. The molecule has 154 valence electrons. The third-order valence-corrected chi connectivity index (χ3v) is 5.12. The van der Waals surface area contributed by atoms with Gasteiger partial charge in [-0.1, -0.05) is 0 Å². The van der Waals surface area contributed by atoms with Gasteiger partial charge in [0.2, 0.25) is 5.43 Å². The van der Waals surface area contributed by atoms with Crippen molar-refractivity contribution in [3.8, 4) is 0 Å². The Morgan fingerprint density at radius 3 is 2.76 bits per heavy atom. The van der Waals surface area contributed by atoms with Gasteiger partial charge in [-0.2, -0.15) is 0 Å². The first-order valence-corrected chi connectivity index (χ1v) is 9.73. The number of hydrogen-bond donors (Lipinski definition) is 2. The number of nitrogens with zero attached hydrogens (tertiary/aromatic N) is 3. The highest BCUT2D eigenvalue weighted by Gasteiger charge is 2.22. The van der Waals surface area contributed by atoms with Crippen LogP contribution < -0.4 is 10.7 Å². The molecule has 29 heavy (non-hydrogen) atoms. The van der Waals surface area contributed by atoms with Crippen LogP contribution in [0.2, 0.25) is 0 Å². The van der Waals surface area contributed by atoms with Crippen molar-refractivity contribution in [2.24, 2.45) is 0 Å². The Labute approximate surface area is 169 Å². The van der Waals surface area contributed by atoms with Crippen molar-refractivity contribution in [1.82, 2.24) is 14.5 Å². The van der Waals surface area contributed by atoms with Crippen LogP contribution in [0.25, 0.3) is 10.9 Å². The lowest BCUT2D eigenvalue weighted by atomic mass is 10.1. The number of carboxylic acid groups (broad SMARTS) is 1. The van der Waals surface area contributed by atoms with Crippen LogP contribution in [-0.2, 0) is 6.54 Å². The second-order valence-corrected chi connectivity index (χ2v) is 7.74. The first-order chi connectivity index (χ1) is 13.8. The summed E-state index contributed by atoms with van der Waals surface area (Å²) in [5, 5.41) is 14.1. The summed E-state index contributed by atoms with van der Waals surface area (Å²) < 4.78 is 31.1. The fourth-order valence-corrected chi connectivity index (χ4v) is 3.63. The number of aromatic carboxylic acids is 1. The third-order valence-electron chi connectivity index (χ3n) is 4.36. The third kappa shape index (κ3) is 4.43. The van der Waals surface area contributed by atoms with Gasteiger partial charge in [0, 0.05) is 24.3 Å². The predicted molar refractivity (Wildman–Crippen MR) is 108 cm³/mol. The van der Waals surface area contributed by atoms with E-state index in [0.717, 1.165) is 18.8 Å². The van der Waals surface area contributed by atoms with Gasteiger partial charge in [-0.15, -0.1) is 11.3 Å². The number of thiazole rings is 1. The molecule has 0 unspecified atom stereocenters. The lowest BCUT2D eigenvalue weighted by Gasteiger charge is -2.16. The largest absolute Gasteiger partial charge is 0.477 e. The van der Waals surface area contributed by atoms with Crippen LogP contribution in [0, 0.1) is 11.6 Å². The fourth-order valence-electron chi connectivity index (χ4n) is 3.01. The second-order valence-electron chi connectivity index (χ2n) is 6.76. The molecule has 3 aromatic rings. The van der Waals surface area contributed by atoms with Gasteiger partial charge in [0.25, 0.3) is 0 Å². The molecule has 0 fully saturated rings. The van der Waals surface area contributed by atoms with Gasteiger partial charge in [0.05, 0.1) is 17.4 Å². The van der Waals surface area contributed by atoms with Crippen LogP contribution in [0.1, 0.15) is 21.8 Å². The zero-order valence-electron chi connectivity index (χ0n) is 15.9. The molecule has 7 nitrogen and oxygen atoms in total. The minimum atomic E-state index is -1.46. The topological polar surface area (TPSA) is 87.5 Å². The highest BCUT2D eigenvalue weighted by atomic mass is 32.1. The Kier molecular flexibility index (Phi) is 6.23. The molecule has 0 aliphatic carbocycles. The molecule has 3 rings (SSSR count). The van der Waals surface area contributed by atoms with Crippen LogP contribution in [-0.4, -0.2) is 52.7 Å². The fraction of sp³-hybridized carbons (Fsp3) is 0.316. The van der Waals surface area contributed by atoms with Crippen molar-refractivity contribution in [1.29, 1.82) is 0 Å². The van der Waals surface area contributed by atoms with Crippen molar-refractivity contribution in [3.05, 3.63) is 56.3 Å². The van der Waals surface area contributed by atoms with Gasteiger partial charge in [0.1, 0.15) is 22.1 Å². The summed E-state index contributed by atoms with van der Waals surface area (Å²) in [7, 11) is 3.79. The van der Waals surface area contributed by atoms with E-state index in [1.54, 1.807) is 11.6 Å². The van der Waals surface area contributed by atoms with E-state index in [2.05, 4.69) is 10.3 Å². The molecule has 0 atom stereocenters. The molecule has 10 heteroatoms. The monoisotopic (exact) mass is 422 g/mol. The molecule has 1 aromatic carbocycles. The van der Waals surface area contributed by atoms with Gasteiger partial charge in [-0.25, -0.2) is 18.6 Å². The number of anilines is 1. The maximum atomic E-state index is 15.3. The van der Waals surface area contributed by atoms with Gasteiger partial charge in [-0.3, -0.25) is 4.79 Å². The smallest absolute Gasteiger partial charge is 0.341 e. The van der Waals surface area contributed by atoms with E-state index in [1.165, 1.54) is 15.9 Å². The number of carbonyl (C=O) groups is 1. The zero-order chi connectivity index (χ0) is 21.1. The van der Waals surface area contributed by atoms with E-state index in [1.807, 2.05) is 19.0 Å². The molecule has 0 spiro atoms. The molecule has 2 N–H and O–H groups in total. The molecule has 0 amide bonds. The van der Waals surface area contributed by atoms with Crippen LogP contribution in [0.3, 0.4) is 0 Å². The minimum absolute atomic E-state index is 0.0529. The Balaban J connectivity index is 2.13. The molecular formula is C19H20F2N4O3S. The van der Waals surface area contributed by atoms with Gasteiger partial charge < -0.3 is 19.9 Å². The Hall–Kier alpha value is -2.85. The molecule has 0 aliphatic heterocycles. The number of nitrogens with one attached hydrogen (secondary N) is 1. The van der Waals surface area contributed by atoms with E-state index in [4.69, 9.17) is 0 Å². The van der Waals surface area contributed by atoms with E-state index >= 15 is 4.39 Å². The van der Waals surface area contributed by atoms with Gasteiger partial charge in [0.15, 0.2) is 5.82 Å². The lowest BCUT2D eigenvalue weighted by Crippen LogP contribution is -2.21. The second kappa shape index (κ2) is 8.66. The predicted octanol–water partition coefficient (Wildman–Crippen LogP) is 2.85. The Bertz CT molecular complexity index is 1100. The minimum Gasteiger partial charge on any atom is -0.477 e. The maximum Gasteiger partial charge on any atom is 0.341 e. The molecule has 0 bridgehead atoms. The number of benzene rings is 1. The van der Waals surface area contributed by atoms with Crippen LogP contribution >= 0.6 is 11.3 Å². The normalized spacial score (nSPS) is 11.3. The summed E-state index contributed by atoms with van der Waals surface area (Å²) in [6, 6.07) is 0.889. The maximum absolute atomic E-state index is 15.3. The molecule has 0 saturated carbocycles. The molecule has 0 saturated heterocycles. The average molecular weight is 422 g/mol. The molecular weight excluding hydrogens is 402 g/mol. The van der Waals surface area contributed by atoms with Gasteiger partial charge >= 0.3 is 5.97 Å². The van der Waals surface area contributed by atoms with Crippen molar-refractivity contribution < 1.29 is 18.7 Å². The number of fused-ring (bicyclic) bond motifs is 1. The SMILES string of the molecule is CN(C)CCCNc1c(F)cc2c(=O)c(C(=O)O)cn(Cc3nccs3)c2c1F. The van der Waals surface area contributed by atoms with Crippen molar-refractivity contribution in [2.45, 2.75) is 13.0 Å². The molecule has 0 aliphatic rings. The number of hydrogen-bond acceptors (Lipinski definition) is 6. The first kappa shape index (κ1) is 20.9. The number of rotatable bonds is 8. The Morgan fingerprint density at radius 2 is 2.14 bits per heavy atom. The molecule has 2 heterocycles. The molecule has 2 aromatic heterocycles. The van der Waals surface area contributed by atoms with E-state index < -0.39 is 28.6 Å². The number of carboxylic acids is 1. The zero-order valence-corrected chi connectivity index (χ0v) is 16.7. The molecule has 0 radical (unpaired) electrons. The summed E-state index contributed by atoms with van der Waals surface area (Å²) in [5.74, 6) is -3.34. The summed E-state index contributed by atoms with van der Waals surface area (Å²) in [6.45, 7) is 1.12.